The number of ether oxygens (including phenoxy) is 1. The molecule has 7 N–H and O–H groups in total. The molecule has 2 aromatic carbocycles. The number of aromatic hydroxyl groups is 1. The second-order valence-corrected chi connectivity index (χ2v) is 10.8. The minimum atomic E-state index is -2.19. The topological polar surface area (TPSA) is 183 Å². The lowest BCUT2D eigenvalue weighted by Gasteiger charge is -2.47. The third-order valence-electron chi connectivity index (χ3n) is 8.35. The van der Waals surface area contributed by atoms with Crippen LogP contribution in [-0.4, -0.2) is 93.2 Å². The van der Waals surface area contributed by atoms with Crippen molar-refractivity contribution in [2.45, 2.75) is 56.4 Å². The third kappa shape index (κ3) is 5.17. The summed E-state index contributed by atoms with van der Waals surface area (Å²) in [5.74, 6) is -2.68. The van der Waals surface area contributed by atoms with Crippen LogP contribution in [0.1, 0.15) is 52.1 Å². The number of hydrogen-bond donors (Lipinski definition) is 6. The number of amides is 2. The molecule has 0 bridgehead atoms. The maximum absolute atomic E-state index is 13.0. The predicted molar refractivity (Wildman–Crippen MR) is 147 cm³/mol. The van der Waals surface area contributed by atoms with Crippen LogP contribution in [0.2, 0.25) is 0 Å². The number of urea groups is 1. The number of nitrogens with two attached hydrogens (primary N) is 1. The van der Waals surface area contributed by atoms with Crippen molar-refractivity contribution in [2.75, 3.05) is 27.3 Å². The molecule has 0 aliphatic heterocycles. The fraction of sp³-hybridized carbons (Fsp3) is 0.483. The summed E-state index contributed by atoms with van der Waals surface area (Å²) >= 11 is 0. The van der Waals surface area contributed by atoms with Gasteiger partial charge in [-0.15, -0.1) is 0 Å². The number of nitrogens with one attached hydrogen (secondary N) is 1. The van der Waals surface area contributed by atoms with Crippen LogP contribution >= 0.6 is 0 Å². The molecule has 3 rings (SSSR count). The summed E-state index contributed by atoms with van der Waals surface area (Å²) in [5, 5.41) is 46.6. The molecule has 218 valence electrons. The Hall–Kier alpha value is -3.51. The number of carbonyl (C=O) groups excluding carboxylic acids is 3. The van der Waals surface area contributed by atoms with Crippen LogP contribution in [0, 0.1) is 12.8 Å². The average molecular weight is 558 g/mol. The molecular weight excluding hydrogens is 518 g/mol. The van der Waals surface area contributed by atoms with Gasteiger partial charge in [0.2, 0.25) is 0 Å². The molecule has 0 radical (unpaired) electrons. The van der Waals surface area contributed by atoms with Gasteiger partial charge in [0, 0.05) is 31.6 Å². The Morgan fingerprint density at radius 3 is 2.35 bits per heavy atom. The molecule has 40 heavy (non-hydrogen) atoms. The molecular formula is C29H39N3O8. The van der Waals surface area contributed by atoms with E-state index in [0.717, 1.165) is 0 Å². The first kappa shape index (κ1) is 31.0. The predicted octanol–water partition coefficient (Wildman–Crippen LogP) is 1.13. The van der Waals surface area contributed by atoms with Gasteiger partial charge in [-0.1, -0.05) is 37.3 Å². The lowest BCUT2D eigenvalue weighted by atomic mass is 9.74. The summed E-state index contributed by atoms with van der Waals surface area (Å²) < 4.78 is 5.52. The molecule has 11 nitrogen and oxygen atoms in total. The van der Waals surface area contributed by atoms with Gasteiger partial charge in [-0.05, 0) is 49.9 Å². The van der Waals surface area contributed by atoms with Crippen molar-refractivity contribution in [3.63, 3.8) is 0 Å². The minimum absolute atomic E-state index is 0.0348. The Balaban J connectivity index is 2.09. The summed E-state index contributed by atoms with van der Waals surface area (Å²) in [4.78, 5) is 39.3. The molecule has 0 spiro atoms. The Morgan fingerprint density at radius 2 is 1.77 bits per heavy atom. The van der Waals surface area contributed by atoms with Gasteiger partial charge >= 0.3 is 12.0 Å². The number of hydrogen-bond acceptors (Lipinski definition) is 9. The van der Waals surface area contributed by atoms with E-state index in [0.29, 0.717) is 11.1 Å². The van der Waals surface area contributed by atoms with E-state index < -0.39 is 59.7 Å². The maximum Gasteiger partial charge on any atom is 0.342 e. The number of phenolic OH excluding ortho intramolecular Hbond substituents is 1. The average Bonchev–Trinajstić information content (AvgIpc) is 3.02. The van der Waals surface area contributed by atoms with Gasteiger partial charge in [0.25, 0.3) is 0 Å². The Bertz CT molecular complexity index is 1260. The van der Waals surface area contributed by atoms with Crippen molar-refractivity contribution in [1.82, 2.24) is 10.2 Å². The number of aliphatic hydroxyl groups is 3. The zero-order valence-electron chi connectivity index (χ0n) is 23.5. The molecule has 0 aromatic heterocycles. The second-order valence-electron chi connectivity index (χ2n) is 10.8. The zero-order chi connectivity index (χ0) is 30.0. The number of esters is 1. The molecule has 1 saturated carbocycles. The third-order valence-corrected chi connectivity index (χ3v) is 8.35. The zero-order valence-corrected chi connectivity index (χ0v) is 23.5. The molecule has 11 heteroatoms. The molecule has 1 fully saturated rings. The molecule has 2 amide bonds. The van der Waals surface area contributed by atoms with Crippen LogP contribution in [-0.2, 0) is 11.2 Å². The largest absolute Gasteiger partial charge is 0.507 e. The van der Waals surface area contributed by atoms with Crippen LogP contribution < -0.4 is 11.1 Å². The summed E-state index contributed by atoms with van der Waals surface area (Å²) in [6.07, 6.45) is 0.155. The first-order chi connectivity index (χ1) is 18.7. The van der Waals surface area contributed by atoms with Crippen LogP contribution in [0.4, 0.5) is 4.79 Å². The molecule has 2 aromatic rings. The van der Waals surface area contributed by atoms with Gasteiger partial charge in [-0.3, -0.25) is 4.79 Å². The molecule has 1 aliphatic rings. The van der Waals surface area contributed by atoms with Crippen LogP contribution in [0.3, 0.4) is 0 Å². The second kappa shape index (κ2) is 11.5. The van der Waals surface area contributed by atoms with Crippen molar-refractivity contribution in [1.29, 1.82) is 0 Å². The number of aryl methyl sites for hydroxylation is 1. The highest BCUT2D eigenvalue weighted by atomic mass is 16.5. The minimum Gasteiger partial charge on any atom is -0.507 e. The number of nitrogens with zero attached hydrogens (tertiary/aromatic N) is 1. The highest BCUT2D eigenvalue weighted by Crippen LogP contribution is 2.52. The Kier molecular flexibility index (Phi) is 8.95. The van der Waals surface area contributed by atoms with E-state index >= 15 is 0 Å². The molecule has 1 aliphatic carbocycles. The number of carbonyl (C=O) groups is 3. The van der Waals surface area contributed by atoms with Crippen molar-refractivity contribution in [3.05, 3.63) is 64.7 Å². The van der Waals surface area contributed by atoms with Gasteiger partial charge < -0.3 is 41.1 Å². The van der Waals surface area contributed by atoms with Gasteiger partial charge in [0.15, 0.2) is 5.78 Å². The Labute approximate surface area is 233 Å². The Morgan fingerprint density at radius 1 is 1.12 bits per heavy atom. The van der Waals surface area contributed by atoms with Gasteiger partial charge in [-0.25, -0.2) is 9.59 Å². The number of Topliss-reactive ketones (excluding diaryl/α,β-unsaturated/α-hetero) is 1. The number of phenols is 1. The van der Waals surface area contributed by atoms with Gasteiger partial charge in [-0.2, -0.15) is 0 Å². The summed E-state index contributed by atoms with van der Waals surface area (Å²) in [7, 11) is 3.05. The lowest BCUT2D eigenvalue weighted by Crippen LogP contribution is -2.72. The van der Waals surface area contributed by atoms with E-state index in [1.807, 2.05) is 0 Å². The van der Waals surface area contributed by atoms with Crippen molar-refractivity contribution in [2.24, 2.45) is 11.7 Å². The lowest BCUT2D eigenvalue weighted by molar-refractivity contribution is -0.183. The van der Waals surface area contributed by atoms with Gasteiger partial charge in [0.05, 0.1) is 5.54 Å². The van der Waals surface area contributed by atoms with E-state index in [-0.39, 0.29) is 29.7 Å². The SMILES string of the molecule is CC[C@]1(NC(=O)N(C)C)[C@@H](N)[C@H](Cc2cccc(C(=O)CO)c2)[C@](O)(COC(=O)c2c(C)cccc2O)[C@]1(C)O. The highest BCUT2D eigenvalue weighted by Gasteiger charge is 2.73. The highest BCUT2D eigenvalue weighted by molar-refractivity contribution is 5.97. The number of aliphatic hydroxyl groups excluding tert-OH is 1. The monoisotopic (exact) mass is 557 g/mol. The maximum atomic E-state index is 13.0. The molecule has 0 unspecified atom stereocenters. The smallest absolute Gasteiger partial charge is 0.342 e. The number of rotatable bonds is 9. The van der Waals surface area contributed by atoms with E-state index in [9.17, 15) is 34.8 Å². The normalized spacial score (nSPS) is 27.7. The van der Waals surface area contributed by atoms with E-state index in [1.165, 1.54) is 32.0 Å². The van der Waals surface area contributed by atoms with Crippen molar-refractivity contribution in [3.8, 4) is 5.75 Å². The first-order valence-electron chi connectivity index (χ1n) is 13.0. The number of benzene rings is 2. The molecule has 0 saturated heterocycles. The van der Waals surface area contributed by atoms with Crippen molar-refractivity contribution < 1.29 is 39.5 Å². The van der Waals surface area contributed by atoms with E-state index in [2.05, 4.69) is 5.32 Å². The fourth-order valence-corrected chi connectivity index (χ4v) is 5.81. The molecule has 5 atom stereocenters. The fourth-order valence-electron chi connectivity index (χ4n) is 5.81. The molecule has 0 heterocycles. The number of ketones is 1. The van der Waals surface area contributed by atoms with Gasteiger partial charge in [0.1, 0.15) is 35.7 Å². The van der Waals surface area contributed by atoms with Crippen LogP contribution in [0.15, 0.2) is 42.5 Å². The van der Waals surface area contributed by atoms with E-state index in [4.69, 9.17) is 10.5 Å². The standard InChI is InChI=1S/C29H39N3O8/c1-6-28(31-26(37)32(4)5)24(30)20(14-18-10-8-11-19(13-18)22(35)15-33)29(39,27(28,3)38)16-40-25(36)23-17(2)9-7-12-21(23)34/h7-13,20,24,33-34,38-39H,6,14-16,30H2,1-5H3,(H,31,37)/t20-,24-,27+,28-,29+/m0/s1. The van der Waals surface area contributed by atoms with E-state index in [1.54, 1.807) is 50.2 Å². The quantitative estimate of drug-likeness (QED) is 0.194. The first-order valence-corrected chi connectivity index (χ1v) is 13.0. The summed E-state index contributed by atoms with van der Waals surface area (Å²) in [5.41, 5.74) is 2.11. The summed E-state index contributed by atoms with van der Waals surface area (Å²) in [6.45, 7) is 3.29. The summed E-state index contributed by atoms with van der Waals surface area (Å²) in [6, 6.07) is 9.38. The van der Waals surface area contributed by atoms with Crippen LogP contribution in [0.5, 0.6) is 5.75 Å². The van der Waals surface area contributed by atoms with Crippen molar-refractivity contribution >= 4 is 17.8 Å². The van der Waals surface area contributed by atoms with Crippen LogP contribution in [0.25, 0.3) is 0 Å².